The zero-order chi connectivity index (χ0) is 22.0. The number of aryl methyl sites for hydroxylation is 2. The summed E-state index contributed by atoms with van der Waals surface area (Å²) in [6.07, 6.45) is 0.546. The Balaban J connectivity index is 1.63. The van der Waals surface area contributed by atoms with Crippen molar-refractivity contribution in [3.05, 3.63) is 76.9 Å². The highest BCUT2D eigenvalue weighted by Crippen LogP contribution is 2.41. The van der Waals surface area contributed by atoms with Gasteiger partial charge < -0.3 is 29.5 Å². The van der Waals surface area contributed by atoms with Crippen molar-refractivity contribution in [2.24, 2.45) is 0 Å². The second-order valence-corrected chi connectivity index (χ2v) is 7.67. The van der Waals surface area contributed by atoms with Crippen molar-refractivity contribution < 1.29 is 29.5 Å². The van der Waals surface area contributed by atoms with Crippen LogP contribution >= 0.6 is 0 Å². The Morgan fingerprint density at radius 1 is 0.968 bits per heavy atom. The first kappa shape index (κ1) is 20.9. The van der Waals surface area contributed by atoms with Gasteiger partial charge in [-0.1, -0.05) is 18.2 Å². The van der Waals surface area contributed by atoms with E-state index in [4.69, 9.17) is 14.2 Å². The van der Waals surface area contributed by atoms with Crippen LogP contribution in [0.1, 0.15) is 28.4 Å². The summed E-state index contributed by atoms with van der Waals surface area (Å²) < 4.78 is 16.9. The molecular weight excluding hydrogens is 396 g/mol. The fourth-order valence-electron chi connectivity index (χ4n) is 4.04. The highest BCUT2D eigenvalue weighted by atomic mass is 16.5. The Morgan fingerprint density at radius 3 is 2.55 bits per heavy atom. The van der Waals surface area contributed by atoms with Crippen molar-refractivity contribution in [2.45, 2.75) is 31.5 Å². The van der Waals surface area contributed by atoms with Gasteiger partial charge in [-0.2, -0.15) is 0 Å². The lowest BCUT2D eigenvalue weighted by Crippen LogP contribution is -2.31. The second-order valence-electron chi connectivity index (χ2n) is 7.67. The molecule has 0 bridgehead atoms. The van der Waals surface area contributed by atoms with Crippen LogP contribution in [0.15, 0.2) is 54.6 Å². The Labute approximate surface area is 181 Å². The highest BCUT2D eigenvalue weighted by molar-refractivity contribution is 5.50. The molecule has 1 heterocycles. The van der Waals surface area contributed by atoms with E-state index in [-0.39, 0.29) is 11.5 Å². The number of methoxy groups -OCH3 is 2. The molecule has 2 atom stereocenters. The van der Waals surface area contributed by atoms with Gasteiger partial charge in [-0.3, -0.25) is 0 Å². The fourth-order valence-corrected chi connectivity index (χ4v) is 4.04. The van der Waals surface area contributed by atoms with Crippen LogP contribution in [-0.4, -0.2) is 35.6 Å². The van der Waals surface area contributed by atoms with Gasteiger partial charge in [-0.05, 0) is 59.9 Å². The SMILES string of the molecule is COc1cc(CCc2cccc(O)c2)c2c(c1)OC(c1ccc(O)c(OC)c1)C(O)C2. The molecule has 0 amide bonds. The van der Waals surface area contributed by atoms with E-state index in [0.29, 0.717) is 23.7 Å². The van der Waals surface area contributed by atoms with Gasteiger partial charge in [0.15, 0.2) is 11.5 Å². The van der Waals surface area contributed by atoms with Gasteiger partial charge in [-0.15, -0.1) is 0 Å². The zero-order valence-corrected chi connectivity index (χ0v) is 17.5. The van der Waals surface area contributed by atoms with E-state index < -0.39 is 12.2 Å². The Kier molecular flexibility index (Phi) is 5.91. The van der Waals surface area contributed by atoms with Gasteiger partial charge in [0.2, 0.25) is 0 Å². The minimum absolute atomic E-state index is 0.0350. The Hall–Kier alpha value is -3.38. The maximum Gasteiger partial charge on any atom is 0.160 e. The molecule has 3 aromatic carbocycles. The van der Waals surface area contributed by atoms with Gasteiger partial charge >= 0.3 is 0 Å². The summed E-state index contributed by atoms with van der Waals surface area (Å²) in [5.41, 5.74) is 3.74. The molecule has 0 saturated carbocycles. The van der Waals surface area contributed by atoms with E-state index in [1.165, 1.54) is 13.2 Å². The summed E-state index contributed by atoms with van der Waals surface area (Å²) in [4.78, 5) is 0. The number of phenols is 2. The molecule has 31 heavy (non-hydrogen) atoms. The smallest absolute Gasteiger partial charge is 0.160 e. The number of aliphatic hydroxyl groups is 1. The van der Waals surface area contributed by atoms with E-state index in [1.807, 2.05) is 24.3 Å². The van der Waals surface area contributed by atoms with Crippen LogP contribution in [0.25, 0.3) is 0 Å². The summed E-state index contributed by atoms with van der Waals surface area (Å²) in [6.45, 7) is 0. The van der Waals surface area contributed by atoms with Gasteiger partial charge in [0.05, 0.1) is 20.3 Å². The minimum atomic E-state index is -0.755. The summed E-state index contributed by atoms with van der Waals surface area (Å²) in [5.74, 6) is 1.97. The van der Waals surface area contributed by atoms with Gasteiger partial charge in [0.1, 0.15) is 23.4 Å². The first-order valence-electron chi connectivity index (χ1n) is 10.2. The summed E-state index contributed by atoms with van der Waals surface area (Å²) in [6, 6.07) is 16.0. The van der Waals surface area contributed by atoms with E-state index >= 15 is 0 Å². The number of hydrogen-bond donors (Lipinski definition) is 3. The van der Waals surface area contributed by atoms with Gasteiger partial charge in [0.25, 0.3) is 0 Å². The number of ether oxygens (including phenoxy) is 3. The van der Waals surface area contributed by atoms with Crippen molar-refractivity contribution in [3.63, 3.8) is 0 Å². The van der Waals surface area contributed by atoms with Gasteiger partial charge in [-0.25, -0.2) is 0 Å². The monoisotopic (exact) mass is 422 g/mol. The average molecular weight is 422 g/mol. The molecule has 1 aliphatic rings. The molecule has 1 aliphatic heterocycles. The van der Waals surface area contributed by atoms with Crippen molar-refractivity contribution in [1.82, 2.24) is 0 Å². The van der Waals surface area contributed by atoms with Crippen molar-refractivity contribution in [1.29, 1.82) is 0 Å². The lowest BCUT2D eigenvalue weighted by molar-refractivity contribution is 0.0202. The number of phenolic OH excluding ortho intramolecular Hbond substituents is 2. The number of benzene rings is 3. The fraction of sp³-hybridized carbons (Fsp3) is 0.280. The van der Waals surface area contributed by atoms with E-state index in [2.05, 4.69) is 0 Å². The van der Waals surface area contributed by atoms with E-state index in [0.717, 1.165) is 35.1 Å². The van der Waals surface area contributed by atoms with Crippen molar-refractivity contribution >= 4 is 0 Å². The summed E-state index contributed by atoms with van der Waals surface area (Å²) in [5, 5.41) is 30.5. The predicted molar refractivity (Wildman–Crippen MR) is 116 cm³/mol. The second kappa shape index (κ2) is 8.78. The van der Waals surface area contributed by atoms with Gasteiger partial charge in [0, 0.05) is 18.1 Å². The molecule has 3 aromatic rings. The summed E-state index contributed by atoms with van der Waals surface area (Å²) >= 11 is 0. The number of hydrogen-bond acceptors (Lipinski definition) is 6. The van der Waals surface area contributed by atoms with Crippen molar-refractivity contribution in [3.8, 4) is 28.7 Å². The molecule has 3 N–H and O–H groups in total. The molecule has 2 unspecified atom stereocenters. The summed E-state index contributed by atoms with van der Waals surface area (Å²) in [7, 11) is 3.09. The topological polar surface area (TPSA) is 88.4 Å². The van der Waals surface area contributed by atoms with E-state index in [9.17, 15) is 15.3 Å². The molecular formula is C25H26O6. The first-order chi connectivity index (χ1) is 15.0. The first-order valence-corrected chi connectivity index (χ1v) is 10.2. The van der Waals surface area contributed by atoms with Crippen LogP contribution in [0, 0.1) is 0 Å². The quantitative estimate of drug-likeness (QED) is 0.558. The van der Waals surface area contributed by atoms with Crippen LogP contribution in [0.5, 0.6) is 28.7 Å². The number of fused-ring (bicyclic) bond motifs is 1. The Morgan fingerprint density at radius 2 is 1.81 bits per heavy atom. The molecule has 0 saturated heterocycles. The normalized spacial score (nSPS) is 17.5. The molecule has 6 nitrogen and oxygen atoms in total. The molecule has 0 aliphatic carbocycles. The zero-order valence-electron chi connectivity index (χ0n) is 17.5. The molecule has 6 heteroatoms. The number of rotatable bonds is 6. The number of aliphatic hydroxyl groups excluding tert-OH is 1. The molecule has 0 aromatic heterocycles. The molecule has 0 radical (unpaired) electrons. The third-order valence-corrected chi connectivity index (χ3v) is 5.65. The van der Waals surface area contributed by atoms with Crippen LogP contribution in [0.3, 0.4) is 0 Å². The molecule has 0 spiro atoms. The predicted octanol–water partition coefficient (Wildman–Crippen LogP) is 3.94. The van der Waals surface area contributed by atoms with Crippen molar-refractivity contribution in [2.75, 3.05) is 14.2 Å². The number of aromatic hydroxyl groups is 2. The lowest BCUT2D eigenvalue weighted by Gasteiger charge is -2.32. The van der Waals surface area contributed by atoms with Crippen LogP contribution in [-0.2, 0) is 19.3 Å². The third kappa shape index (κ3) is 4.39. The lowest BCUT2D eigenvalue weighted by atomic mass is 9.89. The molecule has 162 valence electrons. The van der Waals surface area contributed by atoms with E-state index in [1.54, 1.807) is 31.4 Å². The minimum Gasteiger partial charge on any atom is -0.508 e. The standard InChI is InChI=1S/C25H26O6/c1-29-19-11-16(7-6-15-4-3-5-18(26)10-15)20-14-22(28)25(31-23(20)13-19)17-8-9-21(27)24(12-17)30-2/h3-5,8-13,22,25-28H,6-7,14H2,1-2H3. The highest BCUT2D eigenvalue weighted by Gasteiger charge is 2.32. The molecule has 0 fully saturated rings. The van der Waals surface area contributed by atoms with Crippen LogP contribution < -0.4 is 14.2 Å². The average Bonchev–Trinajstić information content (AvgIpc) is 2.77. The van der Waals surface area contributed by atoms with Crippen LogP contribution in [0.2, 0.25) is 0 Å². The maximum absolute atomic E-state index is 10.9. The largest absolute Gasteiger partial charge is 0.508 e. The van der Waals surface area contributed by atoms with Crippen LogP contribution in [0.4, 0.5) is 0 Å². The third-order valence-electron chi connectivity index (χ3n) is 5.65. The Bertz CT molecular complexity index is 1080. The maximum atomic E-state index is 10.9. The molecule has 4 rings (SSSR count).